The van der Waals surface area contributed by atoms with Crippen molar-refractivity contribution in [2.45, 2.75) is 36.7 Å². The first-order chi connectivity index (χ1) is 7.58. The molecule has 2 heterocycles. The molecular formula is C9H16BO5P. The standard InChI is InChI=1S/C9H16BO5P/c10-7-9(12,2-1-3-11)6-5(14-7)4-13-8(16)15-6/h5-7,11-12,16H,1-4,10H2/t5?,6-,7?,9+/m1/s1. The largest absolute Gasteiger partial charge is 0.396 e. The van der Waals surface area contributed by atoms with Crippen molar-refractivity contribution in [1.82, 2.24) is 0 Å². The maximum atomic E-state index is 10.6. The predicted octanol–water partition coefficient (Wildman–Crippen LogP) is -1.51. The highest BCUT2D eigenvalue weighted by molar-refractivity contribution is 7.19. The van der Waals surface area contributed by atoms with E-state index in [1.807, 2.05) is 7.85 Å². The van der Waals surface area contributed by atoms with E-state index in [4.69, 9.17) is 19.3 Å². The third-order valence-electron chi connectivity index (χ3n) is 3.26. The molecule has 2 rings (SSSR count). The molecule has 0 spiro atoms. The molecule has 90 valence electrons. The number of aliphatic hydroxyl groups is 2. The van der Waals surface area contributed by atoms with E-state index in [0.29, 0.717) is 19.4 Å². The van der Waals surface area contributed by atoms with Crippen LogP contribution in [0.1, 0.15) is 12.8 Å². The lowest BCUT2D eigenvalue weighted by atomic mass is 9.77. The molecule has 5 nitrogen and oxygen atoms in total. The number of aliphatic hydroxyl groups excluding tert-OH is 1. The van der Waals surface area contributed by atoms with E-state index in [9.17, 15) is 5.11 Å². The molecule has 0 aromatic carbocycles. The van der Waals surface area contributed by atoms with Crippen LogP contribution in [0.15, 0.2) is 0 Å². The van der Waals surface area contributed by atoms with Crippen LogP contribution in [0, 0.1) is 0 Å². The zero-order chi connectivity index (χ0) is 11.8. The average molecular weight is 246 g/mol. The number of rotatable bonds is 3. The van der Waals surface area contributed by atoms with Crippen LogP contribution in [0.4, 0.5) is 0 Å². The Morgan fingerprint density at radius 3 is 3.00 bits per heavy atom. The average Bonchev–Trinajstić information content (AvgIpc) is 2.50. The van der Waals surface area contributed by atoms with Crippen molar-refractivity contribution in [2.24, 2.45) is 0 Å². The van der Waals surface area contributed by atoms with E-state index < -0.39 is 11.7 Å². The van der Waals surface area contributed by atoms with Gasteiger partial charge in [-0.2, -0.15) is 0 Å². The van der Waals surface area contributed by atoms with Crippen LogP contribution in [0.3, 0.4) is 0 Å². The van der Waals surface area contributed by atoms with Gasteiger partial charge in [-0.05, 0) is 12.8 Å². The fraction of sp³-hybridized carbons (Fsp3) is 0.889. The van der Waals surface area contributed by atoms with E-state index in [1.54, 1.807) is 0 Å². The topological polar surface area (TPSA) is 68.2 Å². The molecule has 2 unspecified atom stereocenters. The van der Waals surface area contributed by atoms with Crippen molar-refractivity contribution in [3.05, 3.63) is 0 Å². The molecular weight excluding hydrogens is 230 g/mol. The summed E-state index contributed by atoms with van der Waals surface area (Å²) in [6.45, 7) is 0.419. The van der Waals surface area contributed by atoms with Gasteiger partial charge in [0.2, 0.25) is 5.67 Å². The van der Waals surface area contributed by atoms with Gasteiger partial charge in [-0.25, -0.2) is 0 Å². The minimum Gasteiger partial charge on any atom is -0.396 e. The summed E-state index contributed by atoms with van der Waals surface area (Å²) in [5.41, 5.74) is -0.781. The molecule has 2 fully saturated rings. The fourth-order valence-corrected chi connectivity index (χ4v) is 2.53. The summed E-state index contributed by atoms with van der Waals surface area (Å²) in [5.74, 6) is 0. The lowest BCUT2D eigenvalue weighted by Gasteiger charge is -2.34. The van der Waals surface area contributed by atoms with Gasteiger partial charge in [0.05, 0.1) is 12.6 Å². The Kier molecular flexibility index (Phi) is 3.69. The quantitative estimate of drug-likeness (QED) is 0.468. The van der Waals surface area contributed by atoms with Crippen molar-refractivity contribution in [3.63, 3.8) is 0 Å². The molecule has 2 N–H and O–H groups in total. The number of hydrogen-bond acceptors (Lipinski definition) is 5. The van der Waals surface area contributed by atoms with Crippen LogP contribution in [-0.4, -0.2) is 60.8 Å². The third kappa shape index (κ3) is 2.06. The van der Waals surface area contributed by atoms with Crippen LogP contribution < -0.4 is 0 Å². The fourth-order valence-electron chi connectivity index (χ4n) is 2.32. The summed E-state index contributed by atoms with van der Waals surface area (Å²) < 4.78 is 16.2. The highest BCUT2D eigenvalue weighted by atomic mass is 31.0. The number of hydrogen-bond donors (Lipinski definition) is 2. The SMILES string of the molecule is BC1OC2COC(=P)O[C@H]2[C@@]1(O)CCCO. The van der Waals surface area contributed by atoms with Crippen molar-refractivity contribution in [3.8, 4) is 0 Å². The summed E-state index contributed by atoms with van der Waals surface area (Å²) in [6, 6.07) is -0.324. The highest BCUT2D eigenvalue weighted by Gasteiger charge is 2.55. The Hall–Kier alpha value is 0.0349. The zero-order valence-electron chi connectivity index (χ0n) is 9.18. The Morgan fingerprint density at radius 1 is 1.56 bits per heavy atom. The number of fused-ring (bicyclic) bond motifs is 1. The van der Waals surface area contributed by atoms with Crippen LogP contribution in [0.2, 0.25) is 0 Å². The maximum absolute atomic E-state index is 10.6. The van der Waals surface area contributed by atoms with E-state index in [0.717, 1.165) is 0 Å². The summed E-state index contributed by atoms with van der Waals surface area (Å²) in [6.07, 6.45) is 0.286. The smallest absolute Gasteiger partial charge is 0.203 e. The normalized spacial score (nSPS) is 43.4. The van der Waals surface area contributed by atoms with Crippen LogP contribution >= 0.6 is 8.86 Å². The molecule has 0 aromatic rings. The Labute approximate surface area is 97.3 Å². The Bertz CT molecular complexity index is 289. The second kappa shape index (κ2) is 4.73. The highest BCUT2D eigenvalue weighted by Crippen LogP contribution is 2.37. The van der Waals surface area contributed by atoms with Crippen molar-refractivity contribution >= 4 is 22.4 Å². The summed E-state index contributed by atoms with van der Waals surface area (Å²) in [7, 11) is 4.98. The van der Waals surface area contributed by atoms with Gasteiger partial charge in [0.15, 0.2) is 0 Å². The molecule has 2 saturated heterocycles. The van der Waals surface area contributed by atoms with Gasteiger partial charge in [0.1, 0.15) is 25.7 Å². The summed E-state index contributed by atoms with van der Waals surface area (Å²) >= 11 is 0. The first-order valence-electron chi connectivity index (χ1n) is 5.44. The number of ether oxygens (including phenoxy) is 3. The van der Waals surface area contributed by atoms with Gasteiger partial charge in [-0.15, -0.1) is 0 Å². The van der Waals surface area contributed by atoms with Crippen molar-refractivity contribution in [1.29, 1.82) is 0 Å². The lowest BCUT2D eigenvalue weighted by Crippen LogP contribution is -2.53. The molecule has 0 saturated carbocycles. The Balaban J connectivity index is 2.12. The van der Waals surface area contributed by atoms with Gasteiger partial charge in [-0.1, -0.05) is 8.86 Å². The van der Waals surface area contributed by atoms with E-state index in [-0.39, 0.29) is 24.4 Å². The van der Waals surface area contributed by atoms with Crippen LogP contribution in [0.5, 0.6) is 0 Å². The van der Waals surface area contributed by atoms with Gasteiger partial charge >= 0.3 is 0 Å². The van der Waals surface area contributed by atoms with Gasteiger partial charge in [0.25, 0.3) is 0 Å². The minimum atomic E-state index is -1.06. The molecule has 16 heavy (non-hydrogen) atoms. The predicted molar refractivity (Wildman–Crippen MR) is 62.6 cm³/mol. The molecule has 0 radical (unpaired) electrons. The zero-order valence-corrected chi connectivity index (χ0v) is 10.2. The third-order valence-corrected chi connectivity index (χ3v) is 3.52. The molecule has 2 aliphatic heterocycles. The van der Waals surface area contributed by atoms with E-state index >= 15 is 0 Å². The van der Waals surface area contributed by atoms with Crippen molar-refractivity contribution in [2.75, 3.05) is 13.2 Å². The van der Waals surface area contributed by atoms with E-state index in [1.165, 1.54) is 0 Å². The molecule has 0 bridgehead atoms. The summed E-state index contributed by atoms with van der Waals surface area (Å²) in [4.78, 5) is 0. The Morgan fingerprint density at radius 2 is 2.31 bits per heavy atom. The monoisotopic (exact) mass is 246 g/mol. The molecule has 4 atom stereocenters. The van der Waals surface area contributed by atoms with Gasteiger partial charge in [-0.3, -0.25) is 0 Å². The summed E-state index contributed by atoms with van der Waals surface area (Å²) in [5, 5.41) is 19.4. The molecule has 0 aliphatic carbocycles. The van der Waals surface area contributed by atoms with Gasteiger partial charge < -0.3 is 24.4 Å². The van der Waals surface area contributed by atoms with Gasteiger partial charge in [0, 0.05) is 6.61 Å². The van der Waals surface area contributed by atoms with E-state index in [2.05, 4.69) is 8.86 Å². The maximum Gasteiger partial charge on any atom is 0.203 e. The lowest BCUT2D eigenvalue weighted by molar-refractivity contribution is -0.0892. The first kappa shape index (κ1) is 12.5. The molecule has 7 heteroatoms. The molecule has 0 amide bonds. The van der Waals surface area contributed by atoms with Crippen molar-refractivity contribution < 1.29 is 24.4 Å². The second-order valence-electron chi connectivity index (χ2n) is 4.27. The van der Waals surface area contributed by atoms with Crippen LogP contribution in [0.25, 0.3) is 0 Å². The molecule has 2 aliphatic rings. The second-order valence-corrected chi connectivity index (χ2v) is 4.68. The van der Waals surface area contributed by atoms with Crippen LogP contribution in [-0.2, 0) is 14.2 Å². The molecule has 0 aromatic heterocycles. The minimum absolute atomic E-state index is 0.0490. The first-order valence-corrected chi connectivity index (χ1v) is 5.94.